The summed E-state index contributed by atoms with van der Waals surface area (Å²) in [7, 11) is 0. The smallest absolute Gasteiger partial charge is 0.321 e. The predicted octanol–water partition coefficient (Wildman–Crippen LogP) is 3.49. The Hall–Kier alpha value is -3.48. The number of carbonyl (C=O) groups is 4. The highest BCUT2D eigenvalue weighted by Crippen LogP contribution is 2.20. The molecule has 0 aromatic heterocycles. The summed E-state index contributed by atoms with van der Waals surface area (Å²) in [5.74, 6) is -1.59. The zero-order valence-corrected chi connectivity index (χ0v) is 17.0. The lowest BCUT2D eigenvalue weighted by Crippen LogP contribution is -2.41. The first-order chi connectivity index (χ1) is 14.5. The quantitative estimate of drug-likeness (QED) is 0.355. The van der Waals surface area contributed by atoms with Crippen molar-refractivity contribution in [1.82, 2.24) is 10.6 Å². The van der Waals surface area contributed by atoms with E-state index in [1.165, 1.54) is 0 Å². The van der Waals surface area contributed by atoms with Crippen molar-refractivity contribution in [2.75, 3.05) is 13.2 Å². The number of Topliss-reactive ketones (excluding diaryl/α,β-unsaturated/α-hetero) is 1. The summed E-state index contributed by atoms with van der Waals surface area (Å²) in [6, 6.07) is 16.3. The second-order valence-corrected chi connectivity index (χ2v) is 6.68. The Morgan fingerprint density at radius 2 is 1.53 bits per heavy atom. The van der Waals surface area contributed by atoms with E-state index in [-0.39, 0.29) is 18.6 Å². The van der Waals surface area contributed by atoms with Crippen LogP contribution in [0.2, 0.25) is 0 Å². The van der Waals surface area contributed by atoms with Gasteiger partial charge in [0.05, 0.1) is 6.42 Å². The first kappa shape index (κ1) is 22.8. The molecule has 0 aliphatic heterocycles. The molecule has 0 unspecified atom stereocenters. The van der Waals surface area contributed by atoms with Gasteiger partial charge in [-0.25, -0.2) is 4.79 Å². The molecule has 30 heavy (non-hydrogen) atoms. The number of ether oxygens (including phenoxy) is 1. The Bertz CT molecular complexity index is 863. The lowest BCUT2D eigenvalue weighted by atomic mass is 10.0. The number of benzene rings is 2. The summed E-state index contributed by atoms with van der Waals surface area (Å²) in [6.07, 6.45) is 1.55. The molecule has 0 bridgehead atoms. The van der Waals surface area contributed by atoms with Gasteiger partial charge < -0.3 is 10.1 Å². The molecule has 7 nitrogen and oxygen atoms in total. The summed E-state index contributed by atoms with van der Waals surface area (Å²) >= 11 is 0. The van der Waals surface area contributed by atoms with Gasteiger partial charge in [0.1, 0.15) is 0 Å². The van der Waals surface area contributed by atoms with Crippen LogP contribution in [0.1, 0.15) is 43.0 Å². The first-order valence-corrected chi connectivity index (χ1v) is 9.91. The number of amides is 3. The van der Waals surface area contributed by atoms with Crippen molar-refractivity contribution in [2.24, 2.45) is 0 Å². The van der Waals surface area contributed by atoms with Crippen molar-refractivity contribution in [1.29, 1.82) is 0 Å². The van der Waals surface area contributed by atoms with Gasteiger partial charge in [0, 0.05) is 18.5 Å². The molecule has 2 rings (SSSR count). The number of unbranched alkanes of at least 4 members (excludes halogenated alkanes) is 1. The van der Waals surface area contributed by atoms with Crippen LogP contribution in [-0.2, 0) is 14.3 Å². The number of hydrogen-bond acceptors (Lipinski definition) is 5. The fourth-order valence-electron chi connectivity index (χ4n) is 2.64. The van der Waals surface area contributed by atoms with Crippen LogP contribution in [0.25, 0.3) is 11.1 Å². The minimum Gasteiger partial charge on any atom is -0.456 e. The van der Waals surface area contributed by atoms with Gasteiger partial charge in [-0.15, -0.1) is 0 Å². The van der Waals surface area contributed by atoms with Gasteiger partial charge >= 0.3 is 12.0 Å². The van der Waals surface area contributed by atoms with Crippen LogP contribution < -0.4 is 10.6 Å². The van der Waals surface area contributed by atoms with E-state index in [1.807, 2.05) is 49.4 Å². The van der Waals surface area contributed by atoms with Gasteiger partial charge in [-0.05, 0) is 17.5 Å². The van der Waals surface area contributed by atoms with Gasteiger partial charge in [0.2, 0.25) is 0 Å². The summed E-state index contributed by atoms with van der Waals surface area (Å²) in [6.45, 7) is 1.87. The van der Waals surface area contributed by atoms with Crippen molar-refractivity contribution in [3.8, 4) is 11.1 Å². The summed E-state index contributed by atoms with van der Waals surface area (Å²) in [5, 5.41) is 4.59. The molecule has 0 fully saturated rings. The van der Waals surface area contributed by atoms with Gasteiger partial charge in [-0.2, -0.15) is 0 Å². The second kappa shape index (κ2) is 12.2. The molecule has 2 aromatic carbocycles. The minimum atomic E-state index is -0.722. The second-order valence-electron chi connectivity index (χ2n) is 6.68. The molecular formula is C23H26N2O5. The van der Waals surface area contributed by atoms with Crippen LogP contribution in [0.4, 0.5) is 4.79 Å². The zero-order chi connectivity index (χ0) is 21.8. The molecule has 0 radical (unpaired) electrons. The third kappa shape index (κ3) is 7.87. The first-order valence-electron chi connectivity index (χ1n) is 9.91. The number of hydrogen-bond donors (Lipinski definition) is 2. The maximum atomic E-state index is 12.3. The molecule has 0 saturated carbocycles. The van der Waals surface area contributed by atoms with Crippen LogP contribution in [-0.4, -0.2) is 36.8 Å². The third-order valence-corrected chi connectivity index (χ3v) is 4.30. The number of carbonyl (C=O) groups excluding carboxylic acids is 4. The monoisotopic (exact) mass is 410 g/mol. The van der Waals surface area contributed by atoms with E-state index in [4.69, 9.17) is 4.74 Å². The van der Waals surface area contributed by atoms with Crippen molar-refractivity contribution in [3.05, 3.63) is 60.2 Å². The van der Waals surface area contributed by atoms with E-state index in [2.05, 4.69) is 10.6 Å². The van der Waals surface area contributed by atoms with E-state index in [0.717, 1.165) is 24.0 Å². The Labute approximate surface area is 175 Å². The van der Waals surface area contributed by atoms with Crippen molar-refractivity contribution >= 4 is 23.7 Å². The Morgan fingerprint density at radius 1 is 0.867 bits per heavy atom. The molecule has 0 heterocycles. The summed E-state index contributed by atoms with van der Waals surface area (Å²) < 4.78 is 4.81. The van der Waals surface area contributed by atoms with Crippen molar-refractivity contribution in [2.45, 2.75) is 32.6 Å². The standard InChI is InChI=1S/C23H26N2O5/c1-2-3-15-24-23(29)25-21(27)16-30-22(28)14-13-20(26)19-11-9-18(10-12-19)17-7-5-4-6-8-17/h4-12H,2-3,13-16H2,1H3,(H2,24,25,27,29). The zero-order valence-electron chi connectivity index (χ0n) is 17.0. The fraction of sp³-hybridized carbons (Fsp3) is 0.304. The molecule has 0 aliphatic rings. The Morgan fingerprint density at radius 3 is 2.20 bits per heavy atom. The minimum absolute atomic E-state index is 0.0252. The molecule has 2 N–H and O–H groups in total. The van der Waals surface area contributed by atoms with Crippen LogP contribution in [0.15, 0.2) is 54.6 Å². The molecule has 2 aromatic rings. The van der Waals surface area contributed by atoms with Gasteiger partial charge in [-0.3, -0.25) is 19.7 Å². The molecular weight excluding hydrogens is 384 g/mol. The molecule has 158 valence electrons. The predicted molar refractivity (Wildman–Crippen MR) is 113 cm³/mol. The average molecular weight is 410 g/mol. The average Bonchev–Trinajstić information content (AvgIpc) is 2.77. The number of nitrogens with one attached hydrogen (secondary N) is 2. The van der Waals surface area contributed by atoms with Gasteiger partial charge in [0.15, 0.2) is 12.4 Å². The van der Waals surface area contributed by atoms with E-state index >= 15 is 0 Å². The highest BCUT2D eigenvalue weighted by Gasteiger charge is 2.13. The van der Waals surface area contributed by atoms with Crippen molar-refractivity contribution in [3.63, 3.8) is 0 Å². The molecule has 3 amide bonds. The van der Waals surface area contributed by atoms with E-state index < -0.39 is 24.5 Å². The van der Waals surface area contributed by atoms with E-state index in [0.29, 0.717) is 12.1 Å². The number of rotatable bonds is 10. The maximum Gasteiger partial charge on any atom is 0.321 e. The van der Waals surface area contributed by atoms with Crippen LogP contribution in [0.3, 0.4) is 0 Å². The van der Waals surface area contributed by atoms with Crippen LogP contribution >= 0.6 is 0 Å². The molecule has 0 aliphatic carbocycles. The molecule has 0 spiro atoms. The highest BCUT2D eigenvalue weighted by atomic mass is 16.5. The number of esters is 1. The topological polar surface area (TPSA) is 102 Å². The fourth-order valence-corrected chi connectivity index (χ4v) is 2.64. The Balaban J connectivity index is 1.71. The molecule has 0 saturated heterocycles. The van der Waals surface area contributed by atoms with Crippen molar-refractivity contribution < 1.29 is 23.9 Å². The third-order valence-electron chi connectivity index (χ3n) is 4.30. The molecule has 0 atom stereocenters. The lowest BCUT2D eigenvalue weighted by Gasteiger charge is -2.07. The highest BCUT2D eigenvalue weighted by molar-refractivity contribution is 5.98. The van der Waals surface area contributed by atoms with Gasteiger partial charge in [-0.1, -0.05) is 67.9 Å². The SMILES string of the molecule is CCCCNC(=O)NC(=O)COC(=O)CCC(=O)c1ccc(-c2ccccc2)cc1. The molecule has 7 heteroatoms. The largest absolute Gasteiger partial charge is 0.456 e. The number of ketones is 1. The Kier molecular flexibility index (Phi) is 9.24. The lowest BCUT2D eigenvalue weighted by molar-refractivity contribution is -0.148. The van der Waals surface area contributed by atoms with Crippen LogP contribution in [0, 0.1) is 0 Å². The van der Waals surface area contributed by atoms with Crippen LogP contribution in [0.5, 0.6) is 0 Å². The van der Waals surface area contributed by atoms with Gasteiger partial charge in [0.25, 0.3) is 5.91 Å². The number of urea groups is 1. The normalized spacial score (nSPS) is 10.2. The van der Waals surface area contributed by atoms with E-state index in [1.54, 1.807) is 12.1 Å². The van der Waals surface area contributed by atoms with E-state index in [9.17, 15) is 19.2 Å². The summed E-state index contributed by atoms with van der Waals surface area (Å²) in [4.78, 5) is 47.0. The summed E-state index contributed by atoms with van der Waals surface area (Å²) in [5.41, 5.74) is 2.55. The maximum absolute atomic E-state index is 12.3. The number of imide groups is 1.